The molecule has 0 unspecified atom stereocenters. The van der Waals surface area contributed by atoms with Crippen LogP contribution in [0.25, 0.3) is 0 Å². The molecule has 0 bridgehead atoms. The monoisotopic (exact) mass is 548 g/mol. The summed E-state index contributed by atoms with van der Waals surface area (Å²) < 4.78 is 38.5. The molecule has 2 aliphatic rings. The number of carboxylic acid groups (broad SMARTS) is 1. The van der Waals surface area contributed by atoms with Crippen LogP contribution < -0.4 is 11.1 Å². The third-order valence-electron chi connectivity index (χ3n) is 5.03. The summed E-state index contributed by atoms with van der Waals surface area (Å²) in [5.74, 6) is -2.86. The number of hydrogen-bond acceptors (Lipinski definition) is 11. The lowest BCUT2D eigenvalue weighted by atomic mass is 9.86. The highest BCUT2D eigenvalue weighted by atomic mass is 32.2. The van der Waals surface area contributed by atoms with E-state index in [9.17, 15) is 32.7 Å². The Kier molecular flexibility index (Phi) is 6.74. The molecule has 17 heteroatoms. The molecule has 35 heavy (non-hydrogen) atoms. The summed E-state index contributed by atoms with van der Waals surface area (Å²) in [7, 11) is 1.23. The van der Waals surface area contributed by atoms with Crippen LogP contribution in [0.5, 0.6) is 0 Å². The first-order chi connectivity index (χ1) is 16.5. The number of aliphatic carboxylic acids is 1. The van der Waals surface area contributed by atoms with Gasteiger partial charge in [0.2, 0.25) is 0 Å². The molecule has 2 atom stereocenters. The molecule has 4 N–H and O–H groups in total. The highest BCUT2D eigenvalue weighted by molar-refractivity contribution is 8.04. The first kappa shape index (κ1) is 24.9. The van der Waals surface area contributed by atoms with E-state index in [-0.39, 0.29) is 44.3 Å². The van der Waals surface area contributed by atoms with Gasteiger partial charge in [-0.3, -0.25) is 14.5 Å². The maximum absolute atomic E-state index is 12.8. The van der Waals surface area contributed by atoms with Gasteiger partial charge in [0.25, 0.3) is 11.8 Å². The number of carbonyl (C=O) groups is 3. The number of aromatic nitrogens is 2. The van der Waals surface area contributed by atoms with E-state index >= 15 is 0 Å². The molecule has 11 nitrogen and oxygen atoms in total. The molecule has 2 aromatic rings. The Morgan fingerprint density at radius 3 is 2.66 bits per heavy atom. The van der Waals surface area contributed by atoms with Crippen molar-refractivity contribution in [3.05, 3.63) is 32.8 Å². The number of oxime groups is 1. The number of halogens is 3. The summed E-state index contributed by atoms with van der Waals surface area (Å²) in [5.41, 5.74) is 4.11. The zero-order chi connectivity index (χ0) is 25.5. The fourth-order valence-electron chi connectivity index (χ4n) is 3.57. The van der Waals surface area contributed by atoms with Gasteiger partial charge in [-0.1, -0.05) is 16.9 Å². The Balaban J connectivity index is 1.52. The summed E-state index contributed by atoms with van der Waals surface area (Å²) in [5, 5.41) is 18.4. The number of carbonyl (C=O) groups excluding carboxylic acids is 2. The van der Waals surface area contributed by atoms with E-state index in [2.05, 4.69) is 25.3 Å². The minimum atomic E-state index is -4.62. The van der Waals surface area contributed by atoms with Crippen molar-refractivity contribution in [2.75, 3.05) is 12.8 Å². The fraction of sp³-hybridized carbons (Fsp3) is 0.333. The molecule has 0 saturated carbocycles. The van der Waals surface area contributed by atoms with E-state index in [1.807, 2.05) is 0 Å². The van der Waals surface area contributed by atoms with E-state index in [1.54, 1.807) is 0 Å². The molecule has 186 valence electrons. The molecule has 0 aliphatic carbocycles. The van der Waals surface area contributed by atoms with Crippen LogP contribution in [0.3, 0.4) is 0 Å². The van der Waals surface area contributed by atoms with Gasteiger partial charge in [0.05, 0.1) is 6.04 Å². The number of thioether (sulfide) groups is 1. The van der Waals surface area contributed by atoms with Gasteiger partial charge in [0.1, 0.15) is 24.5 Å². The predicted molar refractivity (Wildman–Crippen MR) is 120 cm³/mol. The number of anilines is 1. The first-order valence-corrected chi connectivity index (χ1v) is 12.2. The molecule has 4 heterocycles. The van der Waals surface area contributed by atoms with Crippen molar-refractivity contribution < 1.29 is 37.5 Å². The number of hydrogen-bond donors (Lipinski definition) is 3. The van der Waals surface area contributed by atoms with E-state index in [1.165, 1.54) is 12.5 Å². The number of nitrogens with zero attached hydrogens (tertiary/aromatic N) is 4. The number of nitrogen functional groups attached to an aromatic ring is 1. The average Bonchev–Trinajstić information content (AvgIpc) is 3.44. The van der Waals surface area contributed by atoms with Gasteiger partial charge < -0.3 is 21.0 Å². The molecular weight excluding hydrogens is 533 g/mol. The van der Waals surface area contributed by atoms with E-state index < -0.39 is 41.7 Å². The number of nitrogens with two attached hydrogens (primary N) is 1. The fourth-order valence-corrected chi connectivity index (χ4v) is 6.16. The average molecular weight is 549 g/mol. The third-order valence-corrected chi connectivity index (χ3v) is 7.78. The molecule has 2 amide bonds. The number of carboxylic acids is 1. The van der Waals surface area contributed by atoms with Gasteiger partial charge in [-0.2, -0.15) is 13.2 Å². The number of rotatable bonds is 7. The highest BCUT2D eigenvalue weighted by Crippen LogP contribution is 2.44. The Morgan fingerprint density at radius 2 is 2.09 bits per heavy atom. The van der Waals surface area contributed by atoms with Crippen LogP contribution in [0.4, 0.5) is 18.3 Å². The molecule has 0 radical (unpaired) electrons. The van der Waals surface area contributed by atoms with Crippen molar-refractivity contribution >= 4 is 63.1 Å². The Labute approximate surface area is 206 Å². The summed E-state index contributed by atoms with van der Waals surface area (Å²) >= 11 is 2.58. The maximum Gasteiger partial charge on any atom is 0.434 e. The summed E-state index contributed by atoms with van der Waals surface area (Å²) in [6.45, 7) is 0. The van der Waals surface area contributed by atoms with Gasteiger partial charge in [0.15, 0.2) is 20.9 Å². The van der Waals surface area contributed by atoms with Gasteiger partial charge in [-0.05, 0) is 12.8 Å². The highest BCUT2D eigenvalue weighted by Gasteiger charge is 2.54. The number of fused-ring (bicyclic) bond motifs is 1. The molecule has 0 spiro atoms. The molecule has 0 aromatic carbocycles. The van der Waals surface area contributed by atoms with Gasteiger partial charge in [-0.15, -0.1) is 22.7 Å². The summed E-state index contributed by atoms with van der Waals surface area (Å²) in [6, 6.07) is -1.69. The van der Waals surface area contributed by atoms with Crippen LogP contribution in [-0.2, 0) is 25.4 Å². The number of alkyl halides is 3. The second-order valence-corrected chi connectivity index (χ2v) is 10.2. The van der Waals surface area contributed by atoms with E-state index in [4.69, 9.17) is 5.73 Å². The minimum absolute atomic E-state index is 0.00491. The van der Waals surface area contributed by atoms with Crippen LogP contribution in [0.15, 0.2) is 30.9 Å². The standard InChI is InChI=1S/C18H15F3N6O5S3/c1-32-26-10(6-4-33-16(22)23-6)13(28)25-11-7-2-3-8(12(15(30)31)27(7)14(11)29)35-17-24-9(5-34-17)18(19,20)21/h4-5,7,11H,2-3H2,1H3,(H2,22,23)(H,25,28)(H,30,31)/b26-10-/t7-,11+/m1/s1. The number of amides is 2. The number of β-lactam (4-membered cyclic amide) rings is 1. The zero-order valence-electron chi connectivity index (χ0n) is 17.5. The number of thiazole rings is 2. The van der Waals surface area contributed by atoms with Crippen LogP contribution in [-0.4, -0.2) is 62.7 Å². The van der Waals surface area contributed by atoms with Crippen molar-refractivity contribution in [3.8, 4) is 0 Å². The van der Waals surface area contributed by atoms with Crippen LogP contribution in [0.1, 0.15) is 24.2 Å². The molecule has 2 aliphatic heterocycles. The van der Waals surface area contributed by atoms with Gasteiger partial charge in [0, 0.05) is 15.7 Å². The summed E-state index contributed by atoms with van der Waals surface area (Å²) in [4.78, 5) is 51.0. The second kappa shape index (κ2) is 9.46. The van der Waals surface area contributed by atoms with Crippen LogP contribution in [0.2, 0.25) is 0 Å². The van der Waals surface area contributed by atoms with Crippen LogP contribution >= 0.6 is 34.4 Å². The zero-order valence-corrected chi connectivity index (χ0v) is 20.0. The van der Waals surface area contributed by atoms with Gasteiger partial charge in [-0.25, -0.2) is 14.8 Å². The molecule has 4 rings (SSSR count). The van der Waals surface area contributed by atoms with Crippen LogP contribution in [0, 0.1) is 0 Å². The predicted octanol–water partition coefficient (Wildman–Crippen LogP) is 2.13. The molecule has 2 aromatic heterocycles. The lowest BCUT2D eigenvalue weighted by molar-refractivity contribution is -0.155. The molecule has 1 fully saturated rings. The van der Waals surface area contributed by atoms with E-state index in [0.717, 1.165) is 44.7 Å². The quantitative estimate of drug-likeness (QED) is 0.268. The van der Waals surface area contributed by atoms with Crippen molar-refractivity contribution in [2.45, 2.75) is 35.4 Å². The van der Waals surface area contributed by atoms with Crippen molar-refractivity contribution in [3.63, 3.8) is 0 Å². The lowest BCUT2D eigenvalue weighted by Crippen LogP contribution is -2.72. The maximum atomic E-state index is 12.8. The Bertz CT molecular complexity index is 1260. The third kappa shape index (κ3) is 4.83. The van der Waals surface area contributed by atoms with E-state index in [0.29, 0.717) is 0 Å². The molecule has 1 saturated heterocycles. The Hall–Kier alpha value is -3.18. The minimum Gasteiger partial charge on any atom is -0.477 e. The first-order valence-electron chi connectivity index (χ1n) is 9.64. The largest absolute Gasteiger partial charge is 0.477 e. The lowest BCUT2D eigenvalue weighted by Gasteiger charge is -2.49. The van der Waals surface area contributed by atoms with Crippen molar-refractivity contribution in [1.82, 2.24) is 20.2 Å². The SMILES string of the molecule is CO/N=C(\C(=O)N[C@@H]1C(=O)N2C(C(=O)O)=C(Sc3nc(C(F)(F)F)cs3)CC[C@H]12)c1csc(N)n1. The van der Waals surface area contributed by atoms with Gasteiger partial charge >= 0.3 is 12.1 Å². The Morgan fingerprint density at radius 1 is 1.34 bits per heavy atom. The summed E-state index contributed by atoms with van der Waals surface area (Å²) in [6.07, 6.45) is -4.19. The molecular formula is C18H15F3N6O5S3. The second-order valence-electron chi connectivity index (χ2n) is 7.13. The van der Waals surface area contributed by atoms with Crippen molar-refractivity contribution in [2.24, 2.45) is 5.16 Å². The normalized spacial score (nSPS) is 20.4. The number of allylic oxidation sites excluding steroid dienone is 1. The smallest absolute Gasteiger partial charge is 0.434 e. The topological polar surface area (TPSA) is 160 Å². The number of nitrogens with one attached hydrogen (secondary N) is 1. The van der Waals surface area contributed by atoms with Crippen molar-refractivity contribution in [1.29, 1.82) is 0 Å².